The van der Waals surface area contributed by atoms with Crippen molar-refractivity contribution in [2.75, 3.05) is 6.61 Å². The van der Waals surface area contributed by atoms with Crippen LogP contribution in [0, 0.1) is 5.92 Å². The first-order valence-corrected chi connectivity index (χ1v) is 9.83. The van der Waals surface area contributed by atoms with Crippen molar-refractivity contribution in [3.63, 3.8) is 0 Å². The number of carbonyl (C=O) groups is 1. The molecular weight excluding hydrogens is 304 g/mol. The van der Waals surface area contributed by atoms with Gasteiger partial charge < -0.3 is 14.2 Å². The van der Waals surface area contributed by atoms with Crippen molar-refractivity contribution in [1.29, 1.82) is 0 Å². The van der Waals surface area contributed by atoms with Crippen molar-refractivity contribution in [1.82, 2.24) is 0 Å². The summed E-state index contributed by atoms with van der Waals surface area (Å²) in [5.74, 6) is 0.0526. The second-order valence-electron chi connectivity index (χ2n) is 7.09. The van der Waals surface area contributed by atoms with Crippen molar-refractivity contribution in [2.45, 2.75) is 96.1 Å². The number of cyclic esters (lactones) is 1. The predicted octanol–water partition coefficient (Wildman–Crippen LogP) is 4.77. The van der Waals surface area contributed by atoms with Crippen molar-refractivity contribution < 1.29 is 19.0 Å². The molecule has 2 aliphatic heterocycles. The van der Waals surface area contributed by atoms with Crippen LogP contribution >= 0.6 is 0 Å². The van der Waals surface area contributed by atoms with E-state index in [-0.39, 0.29) is 30.4 Å². The average molecular weight is 338 g/mol. The Morgan fingerprint density at radius 1 is 1.33 bits per heavy atom. The van der Waals surface area contributed by atoms with E-state index in [9.17, 15) is 4.79 Å². The first-order chi connectivity index (χ1) is 11.7. The molecule has 0 aromatic rings. The Kier molecular flexibility index (Phi) is 8.82. The van der Waals surface area contributed by atoms with Crippen molar-refractivity contribution in [2.24, 2.45) is 5.92 Å². The molecule has 0 amide bonds. The van der Waals surface area contributed by atoms with Gasteiger partial charge in [0.2, 0.25) is 0 Å². The fourth-order valence-corrected chi connectivity index (χ4v) is 3.54. The Bertz CT molecular complexity index is 376. The zero-order valence-corrected chi connectivity index (χ0v) is 15.2. The highest BCUT2D eigenvalue weighted by Crippen LogP contribution is 2.33. The molecule has 0 spiro atoms. The van der Waals surface area contributed by atoms with E-state index in [0.29, 0.717) is 0 Å². The monoisotopic (exact) mass is 338 g/mol. The Labute approximate surface area is 146 Å². The number of hydrogen-bond acceptors (Lipinski definition) is 4. The van der Waals surface area contributed by atoms with Gasteiger partial charge in [-0.1, -0.05) is 38.7 Å². The molecule has 0 aromatic carbocycles. The molecule has 0 bridgehead atoms. The van der Waals surface area contributed by atoms with Crippen LogP contribution in [-0.2, 0) is 19.0 Å². The number of carbonyl (C=O) groups excluding carboxylic acids is 1. The second-order valence-corrected chi connectivity index (χ2v) is 7.09. The zero-order valence-electron chi connectivity index (χ0n) is 15.2. The summed E-state index contributed by atoms with van der Waals surface area (Å²) >= 11 is 0. The smallest absolute Gasteiger partial charge is 0.313 e. The third-order valence-electron chi connectivity index (χ3n) is 5.06. The fourth-order valence-electron chi connectivity index (χ4n) is 3.54. The maximum absolute atomic E-state index is 11.8. The lowest BCUT2D eigenvalue weighted by atomic mass is 9.86. The van der Waals surface area contributed by atoms with E-state index in [4.69, 9.17) is 14.2 Å². The Morgan fingerprint density at radius 2 is 2.21 bits per heavy atom. The molecule has 2 aliphatic rings. The van der Waals surface area contributed by atoms with E-state index >= 15 is 0 Å². The van der Waals surface area contributed by atoms with E-state index in [1.54, 1.807) is 0 Å². The summed E-state index contributed by atoms with van der Waals surface area (Å²) < 4.78 is 17.3. The van der Waals surface area contributed by atoms with Gasteiger partial charge >= 0.3 is 5.97 Å². The van der Waals surface area contributed by atoms with Gasteiger partial charge in [0.25, 0.3) is 0 Å². The molecular formula is C20H34O4. The molecule has 4 nitrogen and oxygen atoms in total. The molecule has 0 saturated carbocycles. The molecule has 2 saturated heterocycles. The van der Waals surface area contributed by atoms with Crippen LogP contribution < -0.4 is 0 Å². The maximum Gasteiger partial charge on any atom is 0.313 e. The highest BCUT2D eigenvalue weighted by atomic mass is 16.7. The second kappa shape index (κ2) is 10.9. The molecule has 4 atom stereocenters. The van der Waals surface area contributed by atoms with Crippen LogP contribution in [0.25, 0.3) is 0 Å². The largest absolute Gasteiger partial charge is 0.461 e. The van der Waals surface area contributed by atoms with Crippen LogP contribution in [0.2, 0.25) is 0 Å². The van der Waals surface area contributed by atoms with Crippen LogP contribution in [0.3, 0.4) is 0 Å². The number of unbranched alkanes of at least 4 members (excludes halogenated alkanes) is 3. The minimum Gasteiger partial charge on any atom is -0.461 e. The summed E-state index contributed by atoms with van der Waals surface area (Å²) in [5.41, 5.74) is 0. The summed E-state index contributed by atoms with van der Waals surface area (Å²) in [6.45, 7) is 6.80. The van der Waals surface area contributed by atoms with Crippen LogP contribution in [-0.4, -0.2) is 31.1 Å². The van der Waals surface area contributed by atoms with E-state index in [2.05, 4.69) is 13.5 Å². The van der Waals surface area contributed by atoms with E-state index < -0.39 is 0 Å². The van der Waals surface area contributed by atoms with Crippen molar-refractivity contribution in [3.8, 4) is 0 Å². The lowest BCUT2D eigenvalue weighted by Gasteiger charge is -2.38. The standard InChI is InChI=1S/C20H34O4/c1-3-5-7-8-12-17-18(24-20(17)21)15-16(11-6-4-2)23-19-13-9-10-14-22-19/h4,16-19H,2-3,5-15H2,1H3/t16-,17?,18?,19?/m1/s1. The van der Waals surface area contributed by atoms with Gasteiger partial charge in [0.1, 0.15) is 6.10 Å². The fraction of sp³-hybridized carbons (Fsp3) is 0.850. The highest BCUT2D eigenvalue weighted by molar-refractivity contribution is 5.78. The zero-order chi connectivity index (χ0) is 17.2. The third kappa shape index (κ3) is 6.21. The number of hydrogen-bond donors (Lipinski definition) is 0. The molecule has 2 heterocycles. The van der Waals surface area contributed by atoms with E-state index in [0.717, 1.165) is 58.0 Å². The number of allylic oxidation sites excluding steroid dienone is 1. The van der Waals surface area contributed by atoms with Gasteiger partial charge in [-0.25, -0.2) is 0 Å². The Morgan fingerprint density at radius 3 is 2.88 bits per heavy atom. The lowest BCUT2D eigenvalue weighted by molar-refractivity contribution is -0.210. The van der Waals surface area contributed by atoms with Gasteiger partial charge in [0.15, 0.2) is 6.29 Å². The van der Waals surface area contributed by atoms with E-state index in [1.807, 2.05) is 6.08 Å². The van der Waals surface area contributed by atoms with Crippen LogP contribution in [0.1, 0.15) is 77.6 Å². The summed E-state index contributed by atoms with van der Waals surface area (Å²) in [7, 11) is 0. The molecule has 2 rings (SSSR count). The van der Waals surface area contributed by atoms with Gasteiger partial charge in [-0.2, -0.15) is 0 Å². The minimum absolute atomic E-state index is 0.0205. The summed E-state index contributed by atoms with van der Waals surface area (Å²) in [5, 5.41) is 0. The minimum atomic E-state index is -0.0904. The molecule has 4 heteroatoms. The Balaban J connectivity index is 1.78. The van der Waals surface area contributed by atoms with Crippen molar-refractivity contribution in [3.05, 3.63) is 12.7 Å². The Hall–Kier alpha value is -0.870. The topological polar surface area (TPSA) is 44.8 Å². The number of esters is 1. The van der Waals surface area contributed by atoms with Crippen LogP contribution in [0.15, 0.2) is 12.7 Å². The van der Waals surface area contributed by atoms with Crippen LogP contribution in [0.4, 0.5) is 0 Å². The van der Waals surface area contributed by atoms with Gasteiger partial charge in [0.05, 0.1) is 12.0 Å². The molecule has 0 aromatic heterocycles. The molecule has 24 heavy (non-hydrogen) atoms. The summed E-state index contributed by atoms with van der Waals surface area (Å²) in [6.07, 6.45) is 13.6. The average Bonchev–Trinajstić information content (AvgIpc) is 2.59. The maximum atomic E-state index is 11.8. The normalized spacial score (nSPS) is 28.0. The quantitative estimate of drug-likeness (QED) is 0.292. The number of ether oxygens (including phenoxy) is 3. The highest BCUT2D eigenvalue weighted by Gasteiger charge is 2.43. The molecule has 0 N–H and O–H groups in total. The third-order valence-corrected chi connectivity index (χ3v) is 5.06. The van der Waals surface area contributed by atoms with Crippen LogP contribution in [0.5, 0.6) is 0 Å². The van der Waals surface area contributed by atoms with Gasteiger partial charge in [-0.15, -0.1) is 6.58 Å². The summed E-state index contributed by atoms with van der Waals surface area (Å²) in [6, 6.07) is 0. The predicted molar refractivity (Wildman–Crippen MR) is 94.6 cm³/mol. The van der Waals surface area contributed by atoms with Crippen molar-refractivity contribution >= 4 is 5.97 Å². The molecule has 0 radical (unpaired) electrons. The molecule has 138 valence electrons. The van der Waals surface area contributed by atoms with E-state index in [1.165, 1.54) is 19.3 Å². The number of rotatable bonds is 12. The molecule has 3 unspecified atom stereocenters. The van der Waals surface area contributed by atoms with Gasteiger partial charge in [0, 0.05) is 13.0 Å². The molecule has 0 aliphatic carbocycles. The molecule has 2 fully saturated rings. The van der Waals surface area contributed by atoms with Gasteiger partial charge in [-0.05, 0) is 38.5 Å². The summed E-state index contributed by atoms with van der Waals surface area (Å²) in [4.78, 5) is 11.8. The van der Waals surface area contributed by atoms with Gasteiger partial charge in [-0.3, -0.25) is 4.79 Å². The lowest BCUT2D eigenvalue weighted by Crippen LogP contribution is -2.47. The first-order valence-electron chi connectivity index (χ1n) is 9.83. The first kappa shape index (κ1) is 19.5. The SMILES string of the molecule is C=CCC[C@H](CC1OC(=O)C1CCCCCC)OC1CCCCO1.